The summed E-state index contributed by atoms with van der Waals surface area (Å²) in [6.45, 7) is 6.09. The van der Waals surface area contributed by atoms with Crippen LogP contribution in [-0.2, 0) is 10.0 Å². The maximum absolute atomic E-state index is 11.8. The van der Waals surface area contributed by atoms with Gasteiger partial charge in [0.1, 0.15) is 0 Å². The summed E-state index contributed by atoms with van der Waals surface area (Å²) >= 11 is 0. The number of hydrogen-bond acceptors (Lipinski definition) is 3. The van der Waals surface area contributed by atoms with Crippen molar-refractivity contribution in [2.24, 2.45) is 0 Å². The first-order valence-corrected chi connectivity index (χ1v) is 6.60. The highest BCUT2D eigenvalue weighted by molar-refractivity contribution is 7.89. The lowest BCUT2D eigenvalue weighted by Gasteiger charge is -2.23. The molecule has 86 valence electrons. The lowest BCUT2D eigenvalue weighted by Crippen LogP contribution is -2.39. The van der Waals surface area contributed by atoms with E-state index in [9.17, 15) is 8.42 Å². The van der Waals surface area contributed by atoms with E-state index in [2.05, 4.69) is 0 Å². The van der Waals surface area contributed by atoms with Gasteiger partial charge in [0, 0.05) is 13.1 Å². The van der Waals surface area contributed by atoms with Crippen LogP contribution in [-0.4, -0.2) is 42.8 Å². The second-order valence-electron chi connectivity index (χ2n) is 3.38. The number of hydrogen-bond donors (Lipinski definition) is 1. The molecule has 0 heterocycles. The van der Waals surface area contributed by atoms with Crippen molar-refractivity contribution in [2.75, 3.05) is 19.7 Å². The van der Waals surface area contributed by atoms with Crippen LogP contribution in [0.2, 0.25) is 0 Å². The lowest BCUT2D eigenvalue weighted by atomic mass is 10.3. The van der Waals surface area contributed by atoms with E-state index >= 15 is 0 Å². The largest absolute Gasteiger partial charge is 0.395 e. The average molecular weight is 223 g/mol. The molecule has 0 aromatic heterocycles. The van der Waals surface area contributed by atoms with Crippen molar-refractivity contribution in [3.05, 3.63) is 0 Å². The fourth-order valence-corrected chi connectivity index (χ4v) is 2.59. The number of rotatable bonds is 7. The summed E-state index contributed by atoms with van der Waals surface area (Å²) in [5.41, 5.74) is 0. The molecule has 1 N–H and O–H groups in total. The van der Waals surface area contributed by atoms with Crippen LogP contribution in [0.15, 0.2) is 0 Å². The van der Waals surface area contributed by atoms with E-state index in [1.165, 1.54) is 11.2 Å². The second-order valence-corrected chi connectivity index (χ2v) is 5.73. The molecule has 0 spiro atoms. The van der Waals surface area contributed by atoms with Gasteiger partial charge in [-0.2, -0.15) is 0 Å². The zero-order valence-corrected chi connectivity index (χ0v) is 10.0. The number of nitrogens with zero attached hydrogens (tertiary/aromatic N) is 1. The fraction of sp³-hybridized carbons (Fsp3) is 1.00. The van der Waals surface area contributed by atoms with E-state index in [-0.39, 0.29) is 6.61 Å². The monoisotopic (exact) mass is 223 g/mol. The number of aliphatic hydroxyl groups is 1. The minimum atomic E-state index is -3.29. The molecule has 0 aliphatic carbocycles. The number of unbranched alkanes of at least 4 members (excludes halogenated alkanes) is 1. The van der Waals surface area contributed by atoms with Crippen molar-refractivity contribution in [2.45, 2.75) is 38.9 Å². The highest BCUT2D eigenvalue weighted by Crippen LogP contribution is 2.09. The van der Waals surface area contributed by atoms with Gasteiger partial charge in [-0.05, 0) is 13.3 Å². The minimum Gasteiger partial charge on any atom is -0.395 e. The van der Waals surface area contributed by atoms with Crippen LogP contribution < -0.4 is 0 Å². The fourth-order valence-electron chi connectivity index (χ4n) is 1.15. The van der Waals surface area contributed by atoms with Gasteiger partial charge in [-0.1, -0.05) is 20.3 Å². The van der Waals surface area contributed by atoms with E-state index in [4.69, 9.17) is 5.11 Å². The van der Waals surface area contributed by atoms with Gasteiger partial charge < -0.3 is 5.11 Å². The summed E-state index contributed by atoms with van der Waals surface area (Å²) in [6, 6.07) is 0. The molecular formula is C9H21NO3S. The SMILES string of the molecule is CCCCN(CC)S(=O)(=O)C(C)CO. The summed E-state index contributed by atoms with van der Waals surface area (Å²) in [7, 11) is -3.29. The highest BCUT2D eigenvalue weighted by Gasteiger charge is 2.26. The third-order valence-electron chi connectivity index (χ3n) is 2.24. The van der Waals surface area contributed by atoms with Gasteiger partial charge in [-0.15, -0.1) is 0 Å². The Hall–Kier alpha value is -0.130. The highest BCUT2D eigenvalue weighted by atomic mass is 32.2. The molecule has 0 amide bonds. The van der Waals surface area contributed by atoms with Crippen molar-refractivity contribution in [3.8, 4) is 0 Å². The van der Waals surface area contributed by atoms with Crippen molar-refractivity contribution in [3.63, 3.8) is 0 Å². The summed E-state index contributed by atoms with van der Waals surface area (Å²) < 4.78 is 25.0. The molecule has 0 rings (SSSR count). The first kappa shape index (κ1) is 13.9. The zero-order chi connectivity index (χ0) is 11.2. The summed E-state index contributed by atoms with van der Waals surface area (Å²) in [5.74, 6) is 0. The van der Waals surface area contributed by atoms with Gasteiger partial charge in [0.15, 0.2) is 0 Å². The van der Waals surface area contributed by atoms with E-state index in [0.717, 1.165) is 12.8 Å². The molecule has 5 heteroatoms. The molecule has 0 bridgehead atoms. The Labute approximate surface area is 87.0 Å². The van der Waals surface area contributed by atoms with Gasteiger partial charge >= 0.3 is 0 Å². The number of sulfonamides is 1. The Kier molecular flexibility index (Phi) is 6.31. The molecule has 1 atom stereocenters. The van der Waals surface area contributed by atoms with Crippen molar-refractivity contribution >= 4 is 10.0 Å². The van der Waals surface area contributed by atoms with Crippen LogP contribution in [0.1, 0.15) is 33.6 Å². The molecule has 4 nitrogen and oxygen atoms in total. The van der Waals surface area contributed by atoms with Gasteiger partial charge in [0.2, 0.25) is 10.0 Å². The minimum absolute atomic E-state index is 0.315. The molecule has 0 aromatic carbocycles. The smallest absolute Gasteiger partial charge is 0.218 e. The van der Waals surface area contributed by atoms with Gasteiger partial charge in [-0.25, -0.2) is 12.7 Å². The normalized spacial score (nSPS) is 14.6. The summed E-state index contributed by atoms with van der Waals surface area (Å²) in [4.78, 5) is 0. The van der Waals surface area contributed by atoms with Crippen LogP contribution in [0, 0.1) is 0 Å². The molecule has 14 heavy (non-hydrogen) atoms. The van der Waals surface area contributed by atoms with Crippen molar-refractivity contribution < 1.29 is 13.5 Å². The first-order valence-electron chi connectivity index (χ1n) is 5.10. The molecule has 0 fully saturated rings. The van der Waals surface area contributed by atoms with Gasteiger partial charge in [0.05, 0.1) is 11.9 Å². The molecule has 0 saturated carbocycles. The predicted molar refractivity (Wildman–Crippen MR) is 57.6 cm³/mol. The van der Waals surface area contributed by atoms with Crippen LogP contribution in [0.3, 0.4) is 0 Å². The third kappa shape index (κ3) is 3.55. The molecule has 1 unspecified atom stereocenters. The van der Waals surface area contributed by atoms with Crippen LogP contribution in [0.25, 0.3) is 0 Å². The van der Waals surface area contributed by atoms with Gasteiger partial charge in [-0.3, -0.25) is 0 Å². The quantitative estimate of drug-likeness (QED) is 0.695. The lowest BCUT2D eigenvalue weighted by molar-refractivity contribution is 0.289. The zero-order valence-electron chi connectivity index (χ0n) is 9.23. The van der Waals surface area contributed by atoms with Crippen molar-refractivity contribution in [1.29, 1.82) is 0 Å². The average Bonchev–Trinajstić information content (AvgIpc) is 2.17. The topological polar surface area (TPSA) is 57.6 Å². The Balaban J connectivity index is 4.49. The standard InChI is InChI=1S/C9H21NO3S/c1-4-6-7-10(5-2)14(12,13)9(3)8-11/h9,11H,4-8H2,1-3H3. The molecule has 0 radical (unpaired) electrons. The number of aliphatic hydroxyl groups excluding tert-OH is 1. The van der Waals surface area contributed by atoms with E-state index in [1.54, 1.807) is 0 Å². The van der Waals surface area contributed by atoms with Crippen LogP contribution in [0.4, 0.5) is 0 Å². The Morgan fingerprint density at radius 1 is 1.36 bits per heavy atom. The summed E-state index contributed by atoms with van der Waals surface area (Å²) in [5, 5.41) is 8.14. The Morgan fingerprint density at radius 2 is 1.93 bits per heavy atom. The van der Waals surface area contributed by atoms with Gasteiger partial charge in [0.25, 0.3) is 0 Å². The molecule has 0 saturated heterocycles. The van der Waals surface area contributed by atoms with Crippen molar-refractivity contribution in [1.82, 2.24) is 4.31 Å². The second kappa shape index (κ2) is 6.37. The molecule has 0 aliphatic heterocycles. The maximum atomic E-state index is 11.8. The third-order valence-corrected chi connectivity index (χ3v) is 4.57. The Bertz CT molecular complexity index is 238. The van der Waals surface area contributed by atoms with Crippen LogP contribution >= 0.6 is 0 Å². The summed E-state index contributed by atoms with van der Waals surface area (Å²) in [6.07, 6.45) is 1.84. The first-order chi connectivity index (χ1) is 6.50. The predicted octanol–water partition coefficient (Wildman–Crippen LogP) is 0.819. The van der Waals surface area contributed by atoms with Crippen LogP contribution in [0.5, 0.6) is 0 Å². The van der Waals surface area contributed by atoms with E-state index in [1.807, 2.05) is 13.8 Å². The molecular weight excluding hydrogens is 202 g/mol. The Morgan fingerprint density at radius 3 is 2.29 bits per heavy atom. The maximum Gasteiger partial charge on any atom is 0.218 e. The molecule has 0 aliphatic rings. The molecule has 0 aromatic rings. The van der Waals surface area contributed by atoms with E-state index < -0.39 is 15.3 Å². The van der Waals surface area contributed by atoms with E-state index in [0.29, 0.717) is 13.1 Å².